The van der Waals surface area contributed by atoms with Crippen molar-refractivity contribution in [1.29, 1.82) is 0 Å². The predicted octanol–water partition coefficient (Wildman–Crippen LogP) is 1.75. The first kappa shape index (κ1) is 14.9. The van der Waals surface area contributed by atoms with Gasteiger partial charge in [-0.25, -0.2) is 17.5 Å². The second kappa shape index (κ2) is 5.88. The van der Waals surface area contributed by atoms with Crippen molar-refractivity contribution in [3.63, 3.8) is 0 Å². The van der Waals surface area contributed by atoms with Crippen molar-refractivity contribution in [2.45, 2.75) is 36.6 Å². The Balaban J connectivity index is 2.04. The van der Waals surface area contributed by atoms with Gasteiger partial charge in [-0.05, 0) is 37.8 Å². The van der Waals surface area contributed by atoms with E-state index in [1.807, 2.05) is 0 Å². The Morgan fingerprint density at radius 2 is 1.80 bits per heavy atom. The topological polar surface area (TPSA) is 83.5 Å². The molecule has 1 aliphatic rings. The molecule has 1 fully saturated rings. The van der Waals surface area contributed by atoms with Crippen LogP contribution < -0.4 is 4.72 Å². The summed E-state index contributed by atoms with van der Waals surface area (Å²) in [5.74, 6) is -2.05. The number of hydrogen-bond donors (Lipinski definition) is 2. The molecule has 0 aromatic heterocycles. The SMILES string of the molecule is O=C(O)C1CCC(NS(=O)(=O)c2ccccc2F)CC1. The van der Waals surface area contributed by atoms with E-state index in [4.69, 9.17) is 5.11 Å². The molecule has 0 atom stereocenters. The Hall–Kier alpha value is -1.47. The predicted molar refractivity (Wildman–Crippen MR) is 70.1 cm³/mol. The van der Waals surface area contributed by atoms with E-state index < -0.39 is 27.7 Å². The van der Waals surface area contributed by atoms with Gasteiger partial charge in [-0.1, -0.05) is 12.1 Å². The number of aliphatic carboxylic acids is 1. The summed E-state index contributed by atoms with van der Waals surface area (Å²) < 4.78 is 40.1. The van der Waals surface area contributed by atoms with Crippen LogP contribution in [0.25, 0.3) is 0 Å². The maximum atomic E-state index is 13.5. The van der Waals surface area contributed by atoms with E-state index in [1.165, 1.54) is 18.2 Å². The minimum atomic E-state index is -3.90. The Kier molecular flexibility index (Phi) is 4.39. The van der Waals surface area contributed by atoms with E-state index in [2.05, 4.69) is 4.72 Å². The summed E-state index contributed by atoms with van der Waals surface area (Å²) in [5.41, 5.74) is 0. The molecule has 0 bridgehead atoms. The zero-order valence-corrected chi connectivity index (χ0v) is 11.6. The van der Waals surface area contributed by atoms with Crippen molar-refractivity contribution in [1.82, 2.24) is 4.72 Å². The molecule has 0 radical (unpaired) electrons. The summed E-state index contributed by atoms with van der Waals surface area (Å²) in [6.07, 6.45) is 1.76. The van der Waals surface area contributed by atoms with E-state index >= 15 is 0 Å². The standard InChI is InChI=1S/C13H16FNO4S/c14-11-3-1-2-4-12(11)20(18,19)15-10-7-5-9(6-8-10)13(16)17/h1-4,9-10,15H,5-8H2,(H,16,17). The molecule has 0 heterocycles. The Morgan fingerprint density at radius 1 is 1.20 bits per heavy atom. The van der Waals surface area contributed by atoms with Gasteiger partial charge < -0.3 is 5.11 Å². The van der Waals surface area contributed by atoms with Crippen LogP contribution in [0.5, 0.6) is 0 Å². The molecule has 2 rings (SSSR count). The van der Waals surface area contributed by atoms with Crippen LogP contribution in [0.4, 0.5) is 4.39 Å². The van der Waals surface area contributed by atoms with Crippen molar-refractivity contribution in [2.75, 3.05) is 0 Å². The lowest BCUT2D eigenvalue weighted by Crippen LogP contribution is -2.38. The van der Waals surface area contributed by atoms with Crippen molar-refractivity contribution in [3.8, 4) is 0 Å². The third-order valence-corrected chi connectivity index (χ3v) is 5.08. The largest absolute Gasteiger partial charge is 0.481 e. The molecule has 0 spiro atoms. The number of rotatable bonds is 4. The van der Waals surface area contributed by atoms with Crippen molar-refractivity contribution >= 4 is 16.0 Å². The first-order valence-electron chi connectivity index (χ1n) is 6.40. The third kappa shape index (κ3) is 3.34. The fourth-order valence-electron chi connectivity index (χ4n) is 2.40. The average Bonchev–Trinajstić information content (AvgIpc) is 2.39. The van der Waals surface area contributed by atoms with E-state index in [1.54, 1.807) is 0 Å². The third-order valence-electron chi connectivity index (χ3n) is 3.52. The van der Waals surface area contributed by atoms with Crippen LogP contribution >= 0.6 is 0 Å². The van der Waals surface area contributed by atoms with Crippen LogP contribution in [0, 0.1) is 11.7 Å². The van der Waals surface area contributed by atoms with Gasteiger partial charge in [0.2, 0.25) is 10.0 Å². The van der Waals surface area contributed by atoms with Crippen LogP contribution in [0.3, 0.4) is 0 Å². The Labute approximate surface area is 116 Å². The van der Waals surface area contributed by atoms with Crippen molar-refractivity contribution < 1.29 is 22.7 Å². The molecule has 0 amide bonds. The number of carboxylic acids is 1. The van der Waals surface area contributed by atoms with Gasteiger partial charge in [0.1, 0.15) is 10.7 Å². The van der Waals surface area contributed by atoms with E-state index in [-0.39, 0.29) is 10.9 Å². The van der Waals surface area contributed by atoms with Gasteiger partial charge in [-0.2, -0.15) is 0 Å². The number of benzene rings is 1. The zero-order valence-electron chi connectivity index (χ0n) is 10.8. The second-order valence-electron chi connectivity index (χ2n) is 4.94. The van der Waals surface area contributed by atoms with E-state index in [0.717, 1.165) is 6.07 Å². The smallest absolute Gasteiger partial charge is 0.306 e. The first-order chi connectivity index (χ1) is 9.40. The van der Waals surface area contributed by atoms with Crippen molar-refractivity contribution in [3.05, 3.63) is 30.1 Å². The molecule has 5 nitrogen and oxygen atoms in total. The van der Waals surface area contributed by atoms with Crippen molar-refractivity contribution in [2.24, 2.45) is 5.92 Å². The van der Waals surface area contributed by atoms with Gasteiger partial charge in [-0.15, -0.1) is 0 Å². The molecule has 20 heavy (non-hydrogen) atoms. The molecule has 0 unspecified atom stereocenters. The van der Waals surface area contributed by atoms with Gasteiger partial charge in [-0.3, -0.25) is 4.79 Å². The highest BCUT2D eigenvalue weighted by molar-refractivity contribution is 7.89. The maximum absolute atomic E-state index is 13.5. The average molecular weight is 301 g/mol. The minimum absolute atomic E-state index is 0.338. The second-order valence-corrected chi connectivity index (χ2v) is 6.62. The molecule has 2 N–H and O–H groups in total. The summed E-state index contributed by atoms with van der Waals surface area (Å²) in [4.78, 5) is 10.4. The summed E-state index contributed by atoms with van der Waals surface area (Å²) in [6.45, 7) is 0. The van der Waals surface area contributed by atoms with Crippen LogP contribution in [-0.2, 0) is 14.8 Å². The first-order valence-corrected chi connectivity index (χ1v) is 7.88. The lowest BCUT2D eigenvalue weighted by Gasteiger charge is -2.26. The number of nitrogens with one attached hydrogen (secondary N) is 1. The molecule has 1 aromatic carbocycles. The van der Waals surface area contributed by atoms with Crippen LogP contribution in [0.2, 0.25) is 0 Å². The number of halogens is 1. The fraction of sp³-hybridized carbons (Fsp3) is 0.462. The molecule has 7 heteroatoms. The maximum Gasteiger partial charge on any atom is 0.306 e. The molecule has 1 aliphatic carbocycles. The van der Waals surface area contributed by atoms with E-state index in [9.17, 15) is 17.6 Å². The number of sulfonamides is 1. The van der Waals surface area contributed by atoms with Crippen LogP contribution in [0.1, 0.15) is 25.7 Å². The summed E-state index contributed by atoms with van der Waals surface area (Å²) in [7, 11) is -3.90. The highest BCUT2D eigenvalue weighted by Gasteiger charge is 2.29. The summed E-state index contributed by atoms with van der Waals surface area (Å²) in [5, 5.41) is 8.88. The van der Waals surface area contributed by atoms with Crippen LogP contribution in [0.15, 0.2) is 29.2 Å². The molecular weight excluding hydrogens is 285 g/mol. The Bertz CT molecular complexity index is 594. The molecular formula is C13H16FNO4S. The summed E-state index contributed by atoms with van der Waals surface area (Å²) >= 11 is 0. The highest BCUT2D eigenvalue weighted by atomic mass is 32.2. The van der Waals surface area contributed by atoms with Gasteiger partial charge in [0.15, 0.2) is 0 Å². The zero-order chi connectivity index (χ0) is 14.8. The number of carboxylic acid groups (broad SMARTS) is 1. The lowest BCUT2D eigenvalue weighted by atomic mass is 9.87. The fourth-order valence-corrected chi connectivity index (χ4v) is 3.79. The molecule has 1 saturated carbocycles. The quantitative estimate of drug-likeness (QED) is 0.887. The van der Waals surface area contributed by atoms with Crippen LogP contribution in [-0.4, -0.2) is 25.5 Å². The highest BCUT2D eigenvalue weighted by Crippen LogP contribution is 2.26. The molecule has 0 aliphatic heterocycles. The van der Waals surface area contributed by atoms with Gasteiger partial charge in [0.25, 0.3) is 0 Å². The molecule has 0 saturated heterocycles. The minimum Gasteiger partial charge on any atom is -0.481 e. The molecule has 1 aromatic rings. The summed E-state index contributed by atoms with van der Waals surface area (Å²) in [6, 6.07) is 4.84. The Morgan fingerprint density at radius 3 is 2.35 bits per heavy atom. The molecule has 110 valence electrons. The lowest BCUT2D eigenvalue weighted by molar-refractivity contribution is -0.142. The normalized spacial score (nSPS) is 23.4. The van der Waals surface area contributed by atoms with Gasteiger partial charge in [0.05, 0.1) is 5.92 Å². The number of carbonyl (C=O) groups is 1. The number of hydrogen-bond acceptors (Lipinski definition) is 3. The van der Waals surface area contributed by atoms with Gasteiger partial charge >= 0.3 is 5.97 Å². The van der Waals surface area contributed by atoms with Gasteiger partial charge in [0, 0.05) is 6.04 Å². The monoisotopic (exact) mass is 301 g/mol. The van der Waals surface area contributed by atoms with E-state index in [0.29, 0.717) is 25.7 Å².